The molecule has 4 saturated carbocycles. The summed E-state index contributed by atoms with van der Waals surface area (Å²) in [5.74, 6) is 2.97. The molecular formula is C21H27N3O2. The van der Waals surface area contributed by atoms with Crippen molar-refractivity contribution < 1.29 is 9.59 Å². The first kappa shape index (κ1) is 16.3. The minimum Gasteiger partial charge on any atom is -0.353 e. The number of fused-ring (bicyclic) bond motifs is 2. The highest BCUT2D eigenvalue weighted by Gasteiger charge is 2.69. The van der Waals surface area contributed by atoms with Crippen molar-refractivity contribution in [1.82, 2.24) is 15.6 Å². The molecule has 5 nitrogen and oxygen atoms in total. The second kappa shape index (κ2) is 5.80. The Morgan fingerprint density at radius 2 is 1.77 bits per heavy atom. The maximum absolute atomic E-state index is 12.6. The maximum Gasteiger partial charge on any atom is 0.253 e. The Balaban J connectivity index is 1.11. The van der Waals surface area contributed by atoms with Crippen LogP contribution in [0.3, 0.4) is 0 Å². The summed E-state index contributed by atoms with van der Waals surface area (Å²) in [7, 11) is 0. The van der Waals surface area contributed by atoms with Crippen LogP contribution in [0.15, 0.2) is 24.5 Å². The van der Waals surface area contributed by atoms with Crippen LogP contribution < -0.4 is 10.6 Å². The van der Waals surface area contributed by atoms with E-state index in [1.807, 2.05) is 0 Å². The topological polar surface area (TPSA) is 71.1 Å². The van der Waals surface area contributed by atoms with Crippen LogP contribution in [-0.2, 0) is 4.79 Å². The third-order valence-electron chi connectivity index (χ3n) is 7.57. The average molecular weight is 353 g/mol. The number of aromatic nitrogens is 1. The quantitative estimate of drug-likeness (QED) is 0.874. The minimum atomic E-state index is -0.0223. The molecule has 26 heavy (non-hydrogen) atoms. The van der Waals surface area contributed by atoms with Crippen LogP contribution in [0.5, 0.6) is 0 Å². The Morgan fingerprint density at radius 3 is 2.31 bits per heavy atom. The maximum atomic E-state index is 12.6. The van der Waals surface area contributed by atoms with Gasteiger partial charge in [-0.2, -0.15) is 0 Å². The molecule has 0 aliphatic heterocycles. The molecule has 0 spiro atoms. The molecule has 0 bridgehead atoms. The number of pyridine rings is 1. The van der Waals surface area contributed by atoms with Crippen molar-refractivity contribution in [3.63, 3.8) is 0 Å². The lowest BCUT2D eigenvalue weighted by Gasteiger charge is -2.32. The van der Waals surface area contributed by atoms with Crippen LogP contribution in [0, 0.1) is 29.1 Å². The summed E-state index contributed by atoms with van der Waals surface area (Å²) in [6.07, 6.45) is 9.72. The number of nitrogens with one attached hydrogen (secondary N) is 2. The third-order valence-corrected chi connectivity index (χ3v) is 7.57. The Labute approximate surface area is 154 Å². The number of rotatable bonds is 4. The van der Waals surface area contributed by atoms with E-state index in [-0.39, 0.29) is 17.4 Å². The van der Waals surface area contributed by atoms with Crippen LogP contribution >= 0.6 is 0 Å². The van der Waals surface area contributed by atoms with Gasteiger partial charge < -0.3 is 10.6 Å². The van der Waals surface area contributed by atoms with E-state index >= 15 is 0 Å². The number of hydrogen-bond donors (Lipinski definition) is 2. The van der Waals surface area contributed by atoms with Gasteiger partial charge in [-0.15, -0.1) is 0 Å². The number of hydrogen-bond acceptors (Lipinski definition) is 3. The molecule has 0 saturated heterocycles. The molecule has 7 atom stereocenters. The zero-order valence-corrected chi connectivity index (χ0v) is 15.3. The Bertz CT molecular complexity index is 722. The summed E-state index contributed by atoms with van der Waals surface area (Å²) in [6.45, 7) is 2.27. The highest BCUT2D eigenvalue weighted by Crippen LogP contribution is 2.70. The molecule has 1 aromatic rings. The first-order valence-corrected chi connectivity index (χ1v) is 10.1. The minimum absolute atomic E-state index is 0.0223. The van der Waals surface area contributed by atoms with Crippen LogP contribution in [-0.4, -0.2) is 28.9 Å². The molecule has 138 valence electrons. The van der Waals surface area contributed by atoms with Crippen LogP contribution in [0.25, 0.3) is 0 Å². The Morgan fingerprint density at radius 1 is 1.08 bits per heavy atom. The first-order valence-electron chi connectivity index (χ1n) is 10.1. The zero-order valence-electron chi connectivity index (χ0n) is 15.3. The third kappa shape index (κ3) is 2.55. The summed E-state index contributed by atoms with van der Waals surface area (Å²) >= 11 is 0. The second-order valence-electron chi connectivity index (χ2n) is 9.19. The molecular weight excluding hydrogens is 326 g/mol. The van der Waals surface area contributed by atoms with E-state index < -0.39 is 0 Å². The fraction of sp³-hybridized carbons (Fsp3) is 0.667. The number of nitrogens with zero attached hydrogens (tertiary/aromatic N) is 1. The van der Waals surface area contributed by atoms with Gasteiger partial charge in [0.25, 0.3) is 5.91 Å². The first-order chi connectivity index (χ1) is 12.5. The van der Waals surface area contributed by atoms with Crippen molar-refractivity contribution in [1.29, 1.82) is 0 Å². The summed E-state index contributed by atoms with van der Waals surface area (Å²) in [5.41, 5.74) is 0.653. The fourth-order valence-corrected chi connectivity index (χ4v) is 6.17. The summed E-state index contributed by atoms with van der Waals surface area (Å²) in [4.78, 5) is 28.9. The fourth-order valence-electron chi connectivity index (χ4n) is 6.17. The predicted octanol–water partition coefficient (Wildman–Crippen LogP) is 2.53. The van der Waals surface area contributed by atoms with E-state index in [0.29, 0.717) is 35.3 Å². The van der Waals surface area contributed by atoms with Crippen molar-refractivity contribution in [2.45, 2.75) is 57.5 Å². The molecule has 2 amide bonds. The molecule has 1 heterocycles. The van der Waals surface area contributed by atoms with Crippen molar-refractivity contribution >= 4 is 11.8 Å². The average Bonchev–Trinajstić information content (AvgIpc) is 2.86. The molecule has 4 fully saturated rings. The molecule has 2 N–H and O–H groups in total. The molecule has 5 heteroatoms. The van der Waals surface area contributed by atoms with Gasteiger partial charge in [0.15, 0.2) is 0 Å². The molecule has 1 aromatic heterocycles. The lowest BCUT2D eigenvalue weighted by molar-refractivity contribution is -0.131. The van der Waals surface area contributed by atoms with Gasteiger partial charge in [0.05, 0.1) is 11.0 Å². The monoisotopic (exact) mass is 353 g/mol. The van der Waals surface area contributed by atoms with Gasteiger partial charge in [-0.25, -0.2) is 0 Å². The smallest absolute Gasteiger partial charge is 0.253 e. The standard InChI is InChI=1S/C21H27N3O2/c1-12-9-21(10-18(12)21)20(26)24-17-7-14-5-16(6-15(14)8-17)23-19(25)13-3-2-4-22-11-13/h2-4,11-12,14-18H,5-10H2,1H3,(H,23,25)(H,24,26)/t12-,14-,15+,16?,17?,18+,21-/m1/s1. The molecule has 2 unspecified atom stereocenters. The van der Waals surface area contributed by atoms with E-state index in [1.165, 1.54) is 0 Å². The van der Waals surface area contributed by atoms with E-state index in [2.05, 4.69) is 22.5 Å². The van der Waals surface area contributed by atoms with Crippen molar-refractivity contribution in [2.75, 3.05) is 0 Å². The van der Waals surface area contributed by atoms with Gasteiger partial charge in [0, 0.05) is 24.5 Å². The van der Waals surface area contributed by atoms with Crippen LogP contribution in [0.2, 0.25) is 0 Å². The van der Waals surface area contributed by atoms with E-state index in [0.717, 1.165) is 44.4 Å². The van der Waals surface area contributed by atoms with E-state index in [1.54, 1.807) is 24.5 Å². The van der Waals surface area contributed by atoms with E-state index in [4.69, 9.17) is 0 Å². The predicted molar refractivity (Wildman–Crippen MR) is 97.2 cm³/mol. The zero-order chi connectivity index (χ0) is 17.9. The molecule has 4 aliphatic rings. The lowest BCUT2D eigenvalue weighted by atomic mass is 9.75. The molecule has 5 rings (SSSR count). The summed E-state index contributed by atoms with van der Waals surface area (Å²) < 4.78 is 0. The van der Waals surface area contributed by atoms with Crippen LogP contribution in [0.1, 0.15) is 55.8 Å². The van der Waals surface area contributed by atoms with Crippen molar-refractivity contribution in [3.8, 4) is 0 Å². The number of carbonyl (C=O) groups excluding carboxylic acids is 2. The second-order valence-corrected chi connectivity index (χ2v) is 9.19. The van der Waals surface area contributed by atoms with Gasteiger partial charge in [-0.05, 0) is 74.3 Å². The SMILES string of the molecule is C[C@@H]1C[C@@]2(C(=O)NC3C[C@H]4CC(NC(=O)c5cccnc5)C[C@H]4C3)C[C@@H]12. The summed E-state index contributed by atoms with van der Waals surface area (Å²) in [5, 5.41) is 6.53. The number of carbonyl (C=O) groups is 2. The summed E-state index contributed by atoms with van der Waals surface area (Å²) in [6, 6.07) is 4.20. The van der Waals surface area contributed by atoms with Crippen molar-refractivity contribution in [2.24, 2.45) is 29.1 Å². The Hall–Kier alpha value is -1.91. The van der Waals surface area contributed by atoms with Crippen molar-refractivity contribution in [3.05, 3.63) is 30.1 Å². The van der Waals surface area contributed by atoms with Gasteiger partial charge in [0.2, 0.25) is 5.91 Å². The van der Waals surface area contributed by atoms with E-state index in [9.17, 15) is 9.59 Å². The van der Waals surface area contributed by atoms with Crippen LogP contribution in [0.4, 0.5) is 0 Å². The highest BCUT2D eigenvalue weighted by atomic mass is 16.2. The Kier molecular flexibility index (Phi) is 3.63. The molecule has 4 aliphatic carbocycles. The number of amides is 2. The van der Waals surface area contributed by atoms with Gasteiger partial charge in [-0.3, -0.25) is 14.6 Å². The van der Waals surface area contributed by atoms with Gasteiger partial charge in [0.1, 0.15) is 0 Å². The lowest BCUT2D eigenvalue weighted by Crippen LogP contribution is -2.44. The molecule has 0 aromatic carbocycles. The normalized spacial score (nSPS) is 42.3. The largest absolute Gasteiger partial charge is 0.353 e. The van der Waals surface area contributed by atoms with Gasteiger partial charge >= 0.3 is 0 Å². The molecule has 0 radical (unpaired) electrons. The highest BCUT2D eigenvalue weighted by molar-refractivity contribution is 5.94. The van der Waals surface area contributed by atoms with Gasteiger partial charge in [-0.1, -0.05) is 6.92 Å².